The van der Waals surface area contributed by atoms with Crippen LogP contribution in [-0.2, 0) is 16.6 Å². The Bertz CT molecular complexity index is 519. The summed E-state index contributed by atoms with van der Waals surface area (Å²) in [6.45, 7) is 11.2. The van der Waals surface area contributed by atoms with Crippen LogP contribution in [0, 0.1) is 12.8 Å². The van der Waals surface area contributed by atoms with Crippen molar-refractivity contribution < 1.29 is 8.42 Å². The number of rotatable bonds is 8. The summed E-state index contributed by atoms with van der Waals surface area (Å²) >= 11 is 1.50. The Morgan fingerprint density at radius 3 is 2.45 bits per heavy atom. The average molecular weight is 319 g/mol. The zero-order chi connectivity index (χ0) is 15.3. The van der Waals surface area contributed by atoms with Crippen LogP contribution in [0.3, 0.4) is 0 Å². The van der Waals surface area contributed by atoms with Gasteiger partial charge in [-0.05, 0) is 30.2 Å². The van der Waals surface area contributed by atoms with E-state index in [4.69, 9.17) is 0 Å². The smallest absolute Gasteiger partial charge is 0.241 e. The Labute approximate surface area is 127 Å². The van der Waals surface area contributed by atoms with Gasteiger partial charge in [-0.2, -0.15) is 0 Å². The van der Waals surface area contributed by atoms with Crippen molar-refractivity contribution in [2.75, 3.05) is 6.54 Å². The molecule has 1 aromatic rings. The van der Waals surface area contributed by atoms with Gasteiger partial charge in [-0.1, -0.05) is 27.7 Å². The lowest BCUT2D eigenvalue weighted by Gasteiger charge is -2.12. The van der Waals surface area contributed by atoms with E-state index in [0.29, 0.717) is 29.9 Å². The normalized spacial score (nSPS) is 12.6. The third kappa shape index (κ3) is 5.16. The molecule has 0 radical (unpaired) electrons. The number of nitrogens with one attached hydrogen (secondary N) is 2. The molecule has 0 atom stereocenters. The summed E-state index contributed by atoms with van der Waals surface area (Å²) in [5.41, 5.74) is 0.826. The van der Waals surface area contributed by atoms with Crippen molar-refractivity contribution in [1.29, 1.82) is 0 Å². The summed E-state index contributed by atoms with van der Waals surface area (Å²) in [4.78, 5) is 1.34. The molecule has 0 saturated carbocycles. The second-order valence-corrected chi connectivity index (χ2v) is 8.45. The first-order valence-electron chi connectivity index (χ1n) is 7.04. The van der Waals surface area contributed by atoms with E-state index in [1.807, 2.05) is 12.3 Å². The third-order valence-electron chi connectivity index (χ3n) is 2.94. The largest absolute Gasteiger partial charge is 0.310 e. The molecule has 0 aliphatic carbocycles. The number of aryl methyl sites for hydroxylation is 1. The maximum atomic E-state index is 12.4. The number of sulfonamides is 1. The Morgan fingerprint density at radius 1 is 1.25 bits per heavy atom. The summed E-state index contributed by atoms with van der Waals surface area (Å²) in [7, 11) is -3.40. The number of hydrogen-bond donors (Lipinski definition) is 2. The van der Waals surface area contributed by atoms with Crippen molar-refractivity contribution in [1.82, 2.24) is 10.0 Å². The molecule has 116 valence electrons. The molecule has 0 saturated heterocycles. The molecule has 0 aromatic carbocycles. The molecule has 1 heterocycles. The van der Waals surface area contributed by atoms with Crippen LogP contribution in [0.2, 0.25) is 0 Å². The highest BCUT2D eigenvalue weighted by atomic mass is 32.2. The van der Waals surface area contributed by atoms with Gasteiger partial charge in [0.05, 0.1) is 0 Å². The molecule has 20 heavy (non-hydrogen) atoms. The molecule has 4 nitrogen and oxygen atoms in total. The van der Waals surface area contributed by atoms with Crippen LogP contribution in [0.1, 0.15) is 44.6 Å². The Balaban J connectivity index is 2.85. The maximum absolute atomic E-state index is 12.4. The van der Waals surface area contributed by atoms with Gasteiger partial charge >= 0.3 is 0 Å². The highest BCUT2D eigenvalue weighted by molar-refractivity contribution is 7.89. The predicted molar refractivity (Wildman–Crippen MR) is 85.7 cm³/mol. The van der Waals surface area contributed by atoms with Crippen molar-refractivity contribution >= 4 is 21.4 Å². The van der Waals surface area contributed by atoms with Crippen molar-refractivity contribution in [3.63, 3.8) is 0 Å². The fourth-order valence-electron chi connectivity index (χ4n) is 1.82. The molecule has 2 N–H and O–H groups in total. The fraction of sp³-hybridized carbons (Fsp3) is 0.714. The minimum Gasteiger partial charge on any atom is -0.310 e. The second-order valence-electron chi connectivity index (χ2n) is 5.79. The predicted octanol–water partition coefficient (Wildman–Crippen LogP) is 2.88. The van der Waals surface area contributed by atoms with E-state index in [2.05, 4.69) is 37.7 Å². The lowest BCUT2D eigenvalue weighted by Crippen LogP contribution is -2.28. The highest BCUT2D eigenvalue weighted by Gasteiger charge is 2.22. The zero-order valence-corrected chi connectivity index (χ0v) is 14.6. The van der Waals surface area contributed by atoms with Gasteiger partial charge in [0.15, 0.2) is 0 Å². The maximum Gasteiger partial charge on any atom is 0.241 e. The van der Waals surface area contributed by atoms with Gasteiger partial charge in [0.2, 0.25) is 10.0 Å². The monoisotopic (exact) mass is 318 g/mol. The van der Waals surface area contributed by atoms with Crippen LogP contribution < -0.4 is 10.0 Å². The Morgan fingerprint density at radius 2 is 1.90 bits per heavy atom. The minimum atomic E-state index is -3.40. The fourth-order valence-corrected chi connectivity index (χ4v) is 4.63. The molecule has 0 spiro atoms. The molecule has 0 aliphatic heterocycles. The van der Waals surface area contributed by atoms with E-state index in [-0.39, 0.29) is 0 Å². The first kappa shape index (κ1) is 17.6. The third-order valence-corrected chi connectivity index (χ3v) is 5.87. The molecule has 0 fully saturated rings. The molecule has 0 unspecified atom stereocenters. The van der Waals surface area contributed by atoms with Gasteiger partial charge in [-0.15, -0.1) is 11.3 Å². The zero-order valence-electron chi connectivity index (χ0n) is 13.0. The first-order valence-corrected chi connectivity index (χ1v) is 9.40. The van der Waals surface area contributed by atoms with Gasteiger partial charge in [-0.3, -0.25) is 0 Å². The van der Waals surface area contributed by atoms with Gasteiger partial charge in [0, 0.05) is 24.0 Å². The van der Waals surface area contributed by atoms with Crippen LogP contribution in [0.25, 0.3) is 0 Å². The summed E-state index contributed by atoms with van der Waals surface area (Å²) in [6, 6.07) is 0.335. The van der Waals surface area contributed by atoms with Crippen molar-refractivity contribution in [2.24, 2.45) is 5.92 Å². The van der Waals surface area contributed by atoms with Crippen LogP contribution in [0.4, 0.5) is 0 Å². The summed E-state index contributed by atoms with van der Waals surface area (Å²) in [6.07, 6.45) is 0.849. The molecule has 1 rings (SSSR count). The van der Waals surface area contributed by atoms with Gasteiger partial charge in [0.1, 0.15) is 4.90 Å². The molecular weight excluding hydrogens is 292 g/mol. The molecule has 6 heteroatoms. The lowest BCUT2D eigenvalue weighted by atomic mass is 10.1. The molecule has 0 bridgehead atoms. The Kier molecular flexibility index (Phi) is 6.64. The van der Waals surface area contributed by atoms with Gasteiger partial charge < -0.3 is 5.32 Å². The topological polar surface area (TPSA) is 58.2 Å². The van der Waals surface area contributed by atoms with Crippen LogP contribution in [-0.4, -0.2) is 21.0 Å². The Hall–Kier alpha value is -0.430. The van der Waals surface area contributed by atoms with E-state index < -0.39 is 10.0 Å². The van der Waals surface area contributed by atoms with E-state index in [1.54, 1.807) is 0 Å². The lowest BCUT2D eigenvalue weighted by molar-refractivity contribution is 0.548. The van der Waals surface area contributed by atoms with E-state index >= 15 is 0 Å². The van der Waals surface area contributed by atoms with E-state index in [1.165, 1.54) is 11.3 Å². The minimum absolute atomic E-state index is 0.335. The van der Waals surface area contributed by atoms with Gasteiger partial charge in [-0.25, -0.2) is 13.1 Å². The second kappa shape index (κ2) is 7.54. The van der Waals surface area contributed by atoms with Crippen LogP contribution in [0.15, 0.2) is 10.3 Å². The highest BCUT2D eigenvalue weighted by Crippen LogP contribution is 2.26. The summed E-state index contributed by atoms with van der Waals surface area (Å²) < 4.78 is 27.6. The molecule has 0 aliphatic rings. The quantitative estimate of drug-likeness (QED) is 0.775. The van der Waals surface area contributed by atoms with Crippen molar-refractivity contribution in [2.45, 2.75) is 58.5 Å². The SMILES string of the molecule is Cc1csc(CNC(C)C)c1S(=O)(=O)NCCC(C)C. The van der Waals surface area contributed by atoms with Gasteiger partial charge in [0.25, 0.3) is 0 Å². The summed E-state index contributed by atoms with van der Waals surface area (Å²) in [5, 5.41) is 5.19. The van der Waals surface area contributed by atoms with E-state index in [0.717, 1.165) is 16.9 Å². The van der Waals surface area contributed by atoms with Crippen molar-refractivity contribution in [3.8, 4) is 0 Å². The van der Waals surface area contributed by atoms with Crippen molar-refractivity contribution in [3.05, 3.63) is 15.8 Å². The van der Waals surface area contributed by atoms with E-state index in [9.17, 15) is 8.42 Å². The number of thiophene rings is 1. The van der Waals surface area contributed by atoms with Crippen LogP contribution >= 0.6 is 11.3 Å². The molecule has 0 amide bonds. The summed E-state index contributed by atoms with van der Waals surface area (Å²) in [5.74, 6) is 0.489. The number of hydrogen-bond acceptors (Lipinski definition) is 4. The average Bonchev–Trinajstić information content (AvgIpc) is 2.67. The molecular formula is C14H26N2O2S2. The molecule has 1 aromatic heterocycles. The van der Waals surface area contributed by atoms with Crippen LogP contribution in [0.5, 0.6) is 0 Å². The standard InChI is InChI=1S/C14H26N2O2S2/c1-10(2)6-7-16-20(17,18)14-12(5)9-19-13(14)8-15-11(3)4/h9-11,15-16H,6-8H2,1-5H3. The first-order chi connectivity index (χ1) is 9.24.